The summed E-state index contributed by atoms with van der Waals surface area (Å²) in [6.07, 6.45) is 2.49. The standard InChI is InChI=1S/C15H17N3O2/c1-11(2)15(20)16-9-5-8-14(19)18-10-17-12-6-3-4-7-13(12)18/h3-4,6-7,10H,1,5,8-9H2,2H3,(H,16,20). The van der Waals surface area contributed by atoms with E-state index in [1.165, 1.54) is 0 Å². The van der Waals surface area contributed by atoms with E-state index in [2.05, 4.69) is 16.9 Å². The molecule has 0 aliphatic rings. The Labute approximate surface area is 117 Å². The summed E-state index contributed by atoms with van der Waals surface area (Å²) >= 11 is 0. The van der Waals surface area contributed by atoms with Crippen LogP contribution in [-0.4, -0.2) is 27.9 Å². The summed E-state index contributed by atoms with van der Waals surface area (Å²) in [5.41, 5.74) is 2.08. The monoisotopic (exact) mass is 271 g/mol. The molecule has 0 unspecified atom stereocenters. The van der Waals surface area contributed by atoms with Crippen molar-refractivity contribution in [2.24, 2.45) is 0 Å². The van der Waals surface area contributed by atoms with Crippen molar-refractivity contribution in [2.75, 3.05) is 6.54 Å². The quantitative estimate of drug-likeness (QED) is 0.669. The van der Waals surface area contributed by atoms with E-state index in [-0.39, 0.29) is 11.8 Å². The summed E-state index contributed by atoms with van der Waals surface area (Å²) in [7, 11) is 0. The van der Waals surface area contributed by atoms with Gasteiger partial charge in [0, 0.05) is 18.5 Å². The van der Waals surface area contributed by atoms with Crippen LogP contribution in [0.25, 0.3) is 11.0 Å². The van der Waals surface area contributed by atoms with Gasteiger partial charge >= 0.3 is 0 Å². The number of rotatable bonds is 5. The van der Waals surface area contributed by atoms with Crippen molar-refractivity contribution in [2.45, 2.75) is 19.8 Å². The van der Waals surface area contributed by atoms with Gasteiger partial charge in [0.2, 0.25) is 11.8 Å². The van der Waals surface area contributed by atoms with E-state index >= 15 is 0 Å². The highest BCUT2D eigenvalue weighted by atomic mass is 16.2. The Morgan fingerprint density at radius 2 is 2.10 bits per heavy atom. The molecule has 0 saturated carbocycles. The molecule has 1 heterocycles. The highest BCUT2D eigenvalue weighted by Gasteiger charge is 2.09. The third-order valence-corrected chi connectivity index (χ3v) is 2.96. The van der Waals surface area contributed by atoms with Crippen molar-refractivity contribution in [3.63, 3.8) is 0 Å². The Morgan fingerprint density at radius 3 is 2.85 bits per heavy atom. The van der Waals surface area contributed by atoms with Crippen molar-refractivity contribution in [3.8, 4) is 0 Å². The zero-order chi connectivity index (χ0) is 14.5. The van der Waals surface area contributed by atoms with Gasteiger partial charge in [-0.1, -0.05) is 18.7 Å². The summed E-state index contributed by atoms with van der Waals surface area (Å²) in [6, 6.07) is 7.49. The molecule has 0 aliphatic carbocycles. The molecular formula is C15H17N3O2. The van der Waals surface area contributed by atoms with E-state index in [1.807, 2.05) is 24.3 Å². The molecule has 5 heteroatoms. The number of hydrogen-bond donors (Lipinski definition) is 1. The molecule has 1 aromatic heterocycles. The molecule has 5 nitrogen and oxygen atoms in total. The van der Waals surface area contributed by atoms with Gasteiger partial charge in [-0.2, -0.15) is 0 Å². The average molecular weight is 271 g/mol. The number of carbonyl (C=O) groups is 2. The normalized spacial score (nSPS) is 10.4. The molecule has 2 aromatic rings. The van der Waals surface area contributed by atoms with Crippen LogP contribution in [0.15, 0.2) is 42.7 Å². The fourth-order valence-electron chi connectivity index (χ4n) is 1.87. The number of aromatic nitrogens is 2. The van der Waals surface area contributed by atoms with E-state index in [0.717, 1.165) is 11.0 Å². The third-order valence-electron chi connectivity index (χ3n) is 2.96. The zero-order valence-corrected chi connectivity index (χ0v) is 11.4. The second-order valence-electron chi connectivity index (χ2n) is 4.64. The molecule has 1 aromatic carbocycles. The second-order valence-corrected chi connectivity index (χ2v) is 4.64. The number of amides is 1. The molecule has 0 radical (unpaired) electrons. The van der Waals surface area contributed by atoms with Crippen LogP contribution in [0.5, 0.6) is 0 Å². The summed E-state index contributed by atoms with van der Waals surface area (Å²) in [6.45, 7) is 5.67. The topological polar surface area (TPSA) is 64.0 Å². The molecule has 0 saturated heterocycles. The van der Waals surface area contributed by atoms with Crippen LogP contribution in [0.4, 0.5) is 0 Å². The molecule has 2 rings (SSSR count). The first-order chi connectivity index (χ1) is 9.59. The van der Waals surface area contributed by atoms with E-state index in [4.69, 9.17) is 0 Å². The maximum atomic E-state index is 12.1. The lowest BCUT2D eigenvalue weighted by atomic mass is 10.2. The molecule has 0 atom stereocenters. The van der Waals surface area contributed by atoms with Crippen molar-refractivity contribution >= 4 is 22.8 Å². The van der Waals surface area contributed by atoms with Crippen LogP contribution in [0.3, 0.4) is 0 Å². The van der Waals surface area contributed by atoms with E-state index in [9.17, 15) is 9.59 Å². The smallest absolute Gasteiger partial charge is 0.246 e. The summed E-state index contributed by atoms with van der Waals surface area (Å²) < 4.78 is 1.55. The molecule has 1 N–H and O–H groups in total. The van der Waals surface area contributed by atoms with Crippen LogP contribution in [-0.2, 0) is 4.79 Å². The number of carbonyl (C=O) groups excluding carboxylic acids is 2. The van der Waals surface area contributed by atoms with Gasteiger partial charge in [-0.25, -0.2) is 4.98 Å². The number of fused-ring (bicyclic) bond motifs is 1. The number of imidazole rings is 1. The zero-order valence-electron chi connectivity index (χ0n) is 11.4. The van der Waals surface area contributed by atoms with Crippen LogP contribution < -0.4 is 5.32 Å². The molecule has 0 aliphatic heterocycles. The van der Waals surface area contributed by atoms with Crippen molar-refractivity contribution in [1.82, 2.24) is 14.9 Å². The third kappa shape index (κ3) is 3.12. The fourth-order valence-corrected chi connectivity index (χ4v) is 1.87. The molecule has 0 spiro atoms. The fraction of sp³-hybridized carbons (Fsp3) is 0.267. The Morgan fingerprint density at radius 1 is 1.35 bits per heavy atom. The average Bonchev–Trinajstić information content (AvgIpc) is 2.87. The Balaban J connectivity index is 1.89. The van der Waals surface area contributed by atoms with Crippen molar-refractivity contribution in [3.05, 3.63) is 42.7 Å². The maximum absolute atomic E-state index is 12.1. The highest BCUT2D eigenvalue weighted by molar-refractivity contribution is 5.92. The van der Waals surface area contributed by atoms with Crippen molar-refractivity contribution < 1.29 is 9.59 Å². The minimum absolute atomic E-state index is 0.0247. The SMILES string of the molecule is C=C(C)C(=O)NCCCC(=O)n1cnc2ccccc21. The van der Waals surface area contributed by atoms with Crippen LogP contribution in [0.2, 0.25) is 0 Å². The largest absolute Gasteiger partial charge is 0.352 e. The summed E-state index contributed by atoms with van der Waals surface area (Å²) in [5.74, 6) is -0.200. The van der Waals surface area contributed by atoms with Gasteiger partial charge in [0.05, 0.1) is 11.0 Å². The second kappa shape index (κ2) is 6.14. The van der Waals surface area contributed by atoms with Gasteiger partial charge in [-0.15, -0.1) is 0 Å². The van der Waals surface area contributed by atoms with Crippen LogP contribution >= 0.6 is 0 Å². The lowest BCUT2D eigenvalue weighted by Crippen LogP contribution is -2.25. The molecule has 104 valence electrons. The lowest BCUT2D eigenvalue weighted by molar-refractivity contribution is -0.117. The molecule has 1 amide bonds. The van der Waals surface area contributed by atoms with Gasteiger partial charge in [-0.05, 0) is 25.5 Å². The number of benzene rings is 1. The molecule has 0 fully saturated rings. The Kier molecular flexibility index (Phi) is 4.30. The molecular weight excluding hydrogens is 254 g/mol. The first-order valence-electron chi connectivity index (χ1n) is 6.48. The van der Waals surface area contributed by atoms with Gasteiger partial charge in [0.25, 0.3) is 0 Å². The summed E-state index contributed by atoms with van der Waals surface area (Å²) in [5, 5.41) is 2.70. The van der Waals surface area contributed by atoms with Crippen LogP contribution in [0, 0.1) is 0 Å². The van der Waals surface area contributed by atoms with E-state index in [0.29, 0.717) is 25.0 Å². The highest BCUT2D eigenvalue weighted by Crippen LogP contribution is 2.12. The van der Waals surface area contributed by atoms with Gasteiger partial charge in [0.15, 0.2) is 0 Å². The minimum atomic E-state index is -0.175. The van der Waals surface area contributed by atoms with Gasteiger partial charge in [0.1, 0.15) is 6.33 Å². The first-order valence-corrected chi connectivity index (χ1v) is 6.48. The summed E-state index contributed by atoms with van der Waals surface area (Å²) in [4.78, 5) is 27.6. The van der Waals surface area contributed by atoms with E-state index in [1.54, 1.807) is 17.8 Å². The maximum Gasteiger partial charge on any atom is 0.246 e. The van der Waals surface area contributed by atoms with Crippen molar-refractivity contribution in [1.29, 1.82) is 0 Å². The number of para-hydroxylation sites is 2. The van der Waals surface area contributed by atoms with Crippen LogP contribution in [0.1, 0.15) is 24.6 Å². The predicted molar refractivity (Wildman–Crippen MR) is 77.4 cm³/mol. The van der Waals surface area contributed by atoms with Gasteiger partial charge < -0.3 is 5.32 Å². The molecule has 20 heavy (non-hydrogen) atoms. The first kappa shape index (κ1) is 14.0. The Bertz CT molecular complexity index is 658. The predicted octanol–water partition coefficient (Wildman–Crippen LogP) is 2.15. The number of hydrogen-bond acceptors (Lipinski definition) is 3. The lowest BCUT2D eigenvalue weighted by Gasteiger charge is -2.05. The van der Waals surface area contributed by atoms with E-state index < -0.39 is 0 Å². The molecule has 0 bridgehead atoms. The minimum Gasteiger partial charge on any atom is -0.352 e. The number of nitrogens with zero attached hydrogens (tertiary/aromatic N) is 2. The number of nitrogens with one attached hydrogen (secondary N) is 1. The van der Waals surface area contributed by atoms with Gasteiger partial charge in [-0.3, -0.25) is 14.2 Å². The Hall–Kier alpha value is -2.43.